The molecule has 0 aliphatic heterocycles. The van der Waals surface area contributed by atoms with Gasteiger partial charge in [-0.1, -0.05) is 0 Å². The molecule has 0 rings (SSSR count). The monoisotopic (exact) mass is 222 g/mol. The Morgan fingerprint density at radius 3 is 2.53 bits per heavy atom. The summed E-state index contributed by atoms with van der Waals surface area (Å²) in [4.78, 5) is 15.3. The Hall–Kier alpha value is -0.730. The Labute approximate surface area is 88.2 Å². The molecule has 0 aromatic rings. The number of rotatable bonds is 8. The summed E-state index contributed by atoms with van der Waals surface area (Å²) in [5.74, 6) is -0.322. The topological polar surface area (TPSA) is 105 Å². The number of carbonyl (C=O) groups excluding carboxylic acids is 1. The Morgan fingerprint density at radius 2 is 2.00 bits per heavy atom. The third-order valence-electron chi connectivity index (χ3n) is 1.50. The van der Waals surface area contributed by atoms with Crippen LogP contribution in [0.4, 0.5) is 0 Å². The van der Waals surface area contributed by atoms with E-state index < -0.39 is 0 Å². The summed E-state index contributed by atoms with van der Waals surface area (Å²) >= 11 is 0. The van der Waals surface area contributed by atoms with E-state index in [0.29, 0.717) is 12.8 Å². The van der Waals surface area contributed by atoms with Crippen LogP contribution in [0.25, 0.3) is 0 Å². The Balaban J connectivity index is 3.20. The van der Waals surface area contributed by atoms with Crippen LogP contribution in [-0.4, -0.2) is 41.0 Å². The fraction of sp³-hybridized carbons (Fsp3) is 0.875. The molecule has 0 fully saturated rings. The van der Waals surface area contributed by atoms with Crippen molar-refractivity contribution in [2.24, 2.45) is 5.73 Å². The van der Waals surface area contributed by atoms with E-state index in [2.05, 4.69) is 4.84 Å². The Bertz CT molecular complexity index is 174. The number of esters is 1. The van der Waals surface area contributed by atoms with Gasteiger partial charge in [-0.3, -0.25) is 20.0 Å². The molecule has 7 heteroatoms. The fourth-order valence-electron chi connectivity index (χ4n) is 0.858. The predicted octanol–water partition coefficient (Wildman–Crippen LogP) is 0.0591. The first-order valence-electron chi connectivity index (χ1n) is 4.74. The second-order valence-electron chi connectivity index (χ2n) is 3.19. The second-order valence-corrected chi connectivity index (χ2v) is 3.19. The number of nitrogens with zero attached hydrogens (tertiary/aromatic N) is 1. The lowest BCUT2D eigenvalue weighted by Gasteiger charge is -2.07. The lowest BCUT2D eigenvalue weighted by Crippen LogP contribution is -2.21. The van der Waals surface area contributed by atoms with Gasteiger partial charge in [0.15, 0.2) is 0 Å². The Kier molecular flexibility index (Phi) is 8.15. The van der Waals surface area contributed by atoms with Crippen molar-refractivity contribution >= 4 is 5.97 Å². The van der Waals surface area contributed by atoms with Gasteiger partial charge >= 0.3 is 5.97 Å². The lowest BCUT2D eigenvalue weighted by molar-refractivity contribution is -0.492. The number of unbranched alkanes of at least 4 members (excludes halogenated alkanes) is 1. The van der Waals surface area contributed by atoms with Crippen LogP contribution >= 0.6 is 0 Å². The van der Waals surface area contributed by atoms with Crippen molar-refractivity contribution in [3.63, 3.8) is 0 Å². The zero-order chi connectivity index (χ0) is 11.7. The van der Waals surface area contributed by atoms with Gasteiger partial charge < -0.3 is 10.5 Å². The van der Waals surface area contributed by atoms with Crippen LogP contribution in [0, 0.1) is 0 Å². The first-order chi connectivity index (χ1) is 7.02. The quantitative estimate of drug-likeness (QED) is 0.303. The molecule has 0 radical (unpaired) electrons. The average Bonchev–Trinajstić information content (AvgIpc) is 2.09. The van der Waals surface area contributed by atoms with Crippen molar-refractivity contribution in [1.82, 2.24) is 5.39 Å². The van der Waals surface area contributed by atoms with Crippen LogP contribution < -0.4 is 5.73 Å². The lowest BCUT2D eigenvalue weighted by atomic mass is 10.2. The highest BCUT2D eigenvalue weighted by Crippen LogP contribution is 1.95. The molecule has 1 atom stereocenters. The Morgan fingerprint density at radius 1 is 1.40 bits per heavy atom. The molecule has 15 heavy (non-hydrogen) atoms. The fourth-order valence-corrected chi connectivity index (χ4v) is 0.858. The van der Waals surface area contributed by atoms with Crippen molar-refractivity contribution in [3.8, 4) is 0 Å². The van der Waals surface area contributed by atoms with Crippen LogP contribution in [0.1, 0.15) is 26.2 Å². The maximum atomic E-state index is 11.0. The second kappa shape index (κ2) is 8.57. The van der Waals surface area contributed by atoms with Crippen LogP contribution in [0.5, 0.6) is 0 Å². The molecular formula is C8H18N2O5. The normalized spacial score (nSPS) is 12.9. The van der Waals surface area contributed by atoms with Crippen molar-refractivity contribution in [3.05, 3.63) is 0 Å². The highest BCUT2D eigenvalue weighted by atomic mass is 17.1. The van der Waals surface area contributed by atoms with E-state index >= 15 is 0 Å². The van der Waals surface area contributed by atoms with Gasteiger partial charge in [0.2, 0.25) is 0 Å². The summed E-state index contributed by atoms with van der Waals surface area (Å²) in [5.41, 5.74) is 5.40. The van der Waals surface area contributed by atoms with Gasteiger partial charge in [-0.2, -0.15) is 0 Å². The van der Waals surface area contributed by atoms with Gasteiger partial charge in [0, 0.05) is 6.04 Å². The summed E-state index contributed by atoms with van der Waals surface area (Å²) in [6.07, 6.45) is 1.36. The van der Waals surface area contributed by atoms with Gasteiger partial charge in [-0.05, 0) is 19.8 Å². The van der Waals surface area contributed by atoms with Gasteiger partial charge in [0.25, 0.3) is 0 Å². The maximum absolute atomic E-state index is 11.0. The summed E-state index contributed by atoms with van der Waals surface area (Å²) in [6.45, 7) is 2.16. The van der Waals surface area contributed by atoms with Gasteiger partial charge in [-0.15, -0.1) is 0 Å². The van der Waals surface area contributed by atoms with Crippen molar-refractivity contribution < 1.29 is 24.8 Å². The molecule has 0 amide bonds. The molecule has 0 heterocycles. The van der Waals surface area contributed by atoms with Crippen LogP contribution in [0.15, 0.2) is 0 Å². The molecule has 0 spiro atoms. The average molecular weight is 222 g/mol. The highest BCUT2D eigenvalue weighted by Gasteiger charge is 2.05. The molecule has 0 aliphatic rings. The van der Waals surface area contributed by atoms with Crippen LogP contribution in [-0.2, 0) is 14.4 Å². The van der Waals surface area contributed by atoms with E-state index in [9.17, 15) is 4.79 Å². The third kappa shape index (κ3) is 11.2. The molecule has 90 valence electrons. The van der Waals surface area contributed by atoms with Gasteiger partial charge in [-0.25, -0.2) is 0 Å². The minimum atomic E-state index is -0.345. The zero-order valence-electron chi connectivity index (χ0n) is 8.76. The number of ether oxygens (including phenoxy) is 1. The van der Waals surface area contributed by atoms with E-state index in [1.807, 2.05) is 0 Å². The van der Waals surface area contributed by atoms with Gasteiger partial charge in [0.1, 0.15) is 0 Å². The van der Waals surface area contributed by atoms with E-state index in [1.54, 1.807) is 6.92 Å². The molecule has 4 N–H and O–H groups in total. The predicted molar refractivity (Wildman–Crippen MR) is 49.8 cm³/mol. The molecule has 7 nitrogen and oxygen atoms in total. The first kappa shape index (κ1) is 14.3. The zero-order valence-corrected chi connectivity index (χ0v) is 8.76. The molecular weight excluding hydrogens is 204 g/mol. The standard InChI is InChI=1S/C8H18N2O5/c1-7(9)6-8(11)14-4-2-3-5-15-10(12)13/h7,12-13H,2-6,9H2,1H3. The third-order valence-corrected chi connectivity index (χ3v) is 1.50. The summed E-state index contributed by atoms with van der Waals surface area (Å²) in [6, 6.07) is -0.196. The number of carbonyl (C=O) groups is 1. The maximum Gasteiger partial charge on any atom is 0.307 e. The van der Waals surface area contributed by atoms with Gasteiger partial charge in [0.05, 0.1) is 25.0 Å². The summed E-state index contributed by atoms with van der Waals surface area (Å²) < 4.78 is 4.85. The van der Waals surface area contributed by atoms with E-state index in [0.717, 1.165) is 0 Å². The number of hydrogen-bond acceptors (Lipinski definition) is 7. The van der Waals surface area contributed by atoms with Crippen LogP contribution in [0.2, 0.25) is 0 Å². The van der Waals surface area contributed by atoms with Crippen molar-refractivity contribution in [2.45, 2.75) is 32.2 Å². The molecule has 1 unspecified atom stereocenters. The van der Waals surface area contributed by atoms with Crippen molar-refractivity contribution in [1.29, 1.82) is 0 Å². The van der Waals surface area contributed by atoms with E-state index in [4.69, 9.17) is 20.9 Å². The number of hydrogen-bond donors (Lipinski definition) is 3. The summed E-state index contributed by atoms with van der Waals surface area (Å²) in [7, 11) is 0. The summed E-state index contributed by atoms with van der Waals surface area (Å²) in [5, 5.41) is 16.0. The molecule has 0 aliphatic carbocycles. The molecule has 0 saturated carbocycles. The molecule has 0 bridgehead atoms. The first-order valence-corrected chi connectivity index (χ1v) is 4.74. The van der Waals surface area contributed by atoms with E-state index in [1.165, 1.54) is 0 Å². The molecule has 0 aromatic carbocycles. The highest BCUT2D eigenvalue weighted by molar-refractivity contribution is 5.69. The molecule has 0 aromatic heterocycles. The van der Waals surface area contributed by atoms with E-state index in [-0.39, 0.29) is 37.0 Å². The smallest absolute Gasteiger partial charge is 0.307 e. The van der Waals surface area contributed by atoms with Crippen LogP contribution in [0.3, 0.4) is 0 Å². The van der Waals surface area contributed by atoms with Crippen molar-refractivity contribution in [2.75, 3.05) is 13.2 Å². The SMILES string of the molecule is CC(N)CC(=O)OCCCCON(O)O. The minimum Gasteiger partial charge on any atom is -0.466 e. The largest absolute Gasteiger partial charge is 0.466 e. The minimum absolute atomic E-state index is 0.151. The molecule has 0 saturated heterocycles. The number of nitrogens with two attached hydrogens (primary N) is 1.